The topological polar surface area (TPSA) is 88.2 Å². The van der Waals surface area contributed by atoms with E-state index in [1.807, 2.05) is 6.92 Å². The molecule has 2 aromatic rings. The van der Waals surface area contributed by atoms with E-state index < -0.39 is 10.0 Å². The van der Waals surface area contributed by atoms with Crippen LogP contribution in [0.1, 0.15) is 34.1 Å². The van der Waals surface area contributed by atoms with E-state index in [9.17, 15) is 13.2 Å². The minimum atomic E-state index is -3.54. The normalized spacial score (nSPS) is 11.7. The van der Waals surface area contributed by atoms with E-state index in [0.29, 0.717) is 12.1 Å². The fourth-order valence-corrected chi connectivity index (χ4v) is 3.91. The number of amides is 1. The molecule has 0 aliphatic heterocycles. The Morgan fingerprint density at radius 3 is 2.43 bits per heavy atom. The van der Waals surface area contributed by atoms with E-state index in [4.69, 9.17) is 0 Å². The zero-order valence-corrected chi connectivity index (χ0v) is 14.8. The Kier molecular flexibility index (Phi) is 5.51. The monoisotopic (exact) mass is 353 g/mol. The van der Waals surface area contributed by atoms with Crippen LogP contribution in [-0.4, -0.2) is 25.4 Å². The highest BCUT2D eigenvalue weighted by molar-refractivity contribution is 7.89. The van der Waals surface area contributed by atoms with Crippen LogP contribution < -0.4 is 10.0 Å². The Morgan fingerprint density at radius 2 is 1.91 bits per heavy atom. The van der Waals surface area contributed by atoms with Crippen molar-refractivity contribution in [1.29, 1.82) is 0 Å². The lowest BCUT2D eigenvalue weighted by Gasteiger charge is -2.10. The number of sulfonamides is 1. The van der Waals surface area contributed by atoms with Gasteiger partial charge in [0, 0.05) is 22.7 Å². The summed E-state index contributed by atoms with van der Waals surface area (Å²) >= 11 is 1.52. The highest BCUT2D eigenvalue weighted by atomic mass is 32.2. The van der Waals surface area contributed by atoms with E-state index in [-0.39, 0.29) is 16.8 Å². The van der Waals surface area contributed by atoms with Crippen LogP contribution in [0.25, 0.3) is 0 Å². The molecule has 0 radical (unpaired) electrons. The lowest BCUT2D eigenvalue weighted by molar-refractivity contribution is 0.0951. The minimum absolute atomic E-state index is 0.140. The molecule has 124 valence electrons. The summed E-state index contributed by atoms with van der Waals surface area (Å²) < 4.78 is 26.5. The van der Waals surface area contributed by atoms with Crippen LogP contribution in [0.3, 0.4) is 0 Å². The summed E-state index contributed by atoms with van der Waals surface area (Å²) in [6, 6.07) is 5.67. The number of nitrogens with zero attached hydrogens (tertiary/aromatic N) is 1. The molecule has 2 rings (SSSR count). The molecular formula is C15H19N3O3S2. The average Bonchev–Trinajstić information content (AvgIpc) is 2.89. The predicted molar refractivity (Wildman–Crippen MR) is 89.9 cm³/mol. The first-order valence-electron chi connectivity index (χ1n) is 7.10. The van der Waals surface area contributed by atoms with Crippen molar-refractivity contribution in [3.05, 3.63) is 45.9 Å². The van der Waals surface area contributed by atoms with Crippen LogP contribution in [0.5, 0.6) is 0 Å². The highest BCUT2D eigenvalue weighted by Crippen LogP contribution is 2.13. The standard InChI is InChI=1S/C15H19N3O3S2/c1-10(2)18-23(20,21)14-6-4-12(5-7-14)15(19)17-9-13-8-16-11(3)22-13/h4-8,10,18H,9H2,1-3H3,(H,17,19). The zero-order chi connectivity index (χ0) is 17.0. The SMILES string of the molecule is Cc1ncc(CNC(=O)c2ccc(S(=O)(=O)NC(C)C)cc2)s1. The van der Waals surface area contributed by atoms with Gasteiger partial charge in [-0.2, -0.15) is 0 Å². The Balaban J connectivity index is 2.02. The van der Waals surface area contributed by atoms with Gasteiger partial charge in [0.1, 0.15) is 0 Å². The average molecular weight is 353 g/mol. The van der Waals surface area contributed by atoms with Crippen LogP contribution in [-0.2, 0) is 16.6 Å². The maximum atomic E-state index is 12.1. The molecule has 23 heavy (non-hydrogen) atoms. The fourth-order valence-electron chi connectivity index (χ4n) is 1.92. The number of hydrogen-bond acceptors (Lipinski definition) is 5. The van der Waals surface area contributed by atoms with Gasteiger partial charge < -0.3 is 5.32 Å². The number of thiazole rings is 1. The zero-order valence-electron chi connectivity index (χ0n) is 13.2. The summed E-state index contributed by atoms with van der Waals surface area (Å²) in [5.74, 6) is -0.253. The molecule has 6 nitrogen and oxygen atoms in total. The summed E-state index contributed by atoms with van der Waals surface area (Å²) in [4.78, 5) is 17.3. The second-order valence-electron chi connectivity index (χ2n) is 5.33. The lowest BCUT2D eigenvalue weighted by Crippen LogP contribution is -2.30. The summed E-state index contributed by atoms with van der Waals surface area (Å²) in [6.07, 6.45) is 1.73. The van der Waals surface area contributed by atoms with Gasteiger partial charge in [-0.15, -0.1) is 11.3 Å². The van der Waals surface area contributed by atoms with Gasteiger partial charge in [-0.25, -0.2) is 18.1 Å². The van der Waals surface area contributed by atoms with Crippen molar-refractivity contribution in [3.8, 4) is 0 Å². The second kappa shape index (κ2) is 7.20. The number of carbonyl (C=O) groups excluding carboxylic acids is 1. The van der Waals surface area contributed by atoms with Crippen LogP contribution >= 0.6 is 11.3 Å². The van der Waals surface area contributed by atoms with E-state index in [1.54, 1.807) is 20.0 Å². The lowest BCUT2D eigenvalue weighted by atomic mass is 10.2. The third-order valence-corrected chi connectivity index (χ3v) is 5.50. The first-order valence-corrected chi connectivity index (χ1v) is 9.40. The number of rotatable bonds is 6. The van der Waals surface area contributed by atoms with Crippen molar-refractivity contribution in [2.24, 2.45) is 0 Å². The molecule has 0 aliphatic rings. The maximum absolute atomic E-state index is 12.1. The quantitative estimate of drug-likeness (QED) is 0.832. The molecule has 1 heterocycles. The van der Waals surface area contributed by atoms with E-state index in [0.717, 1.165) is 9.88 Å². The van der Waals surface area contributed by atoms with E-state index >= 15 is 0 Å². The number of aryl methyl sites for hydroxylation is 1. The fraction of sp³-hybridized carbons (Fsp3) is 0.333. The number of hydrogen-bond donors (Lipinski definition) is 2. The smallest absolute Gasteiger partial charge is 0.251 e. The molecule has 0 saturated heterocycles. The van der Waals surface area contributed by atoms with E-state index in [1.165, 1.54) is 35.6 Å². The van der Waals surface area contributed by atoms with Crippen molar-refractivity contribution in [1.82, 2.24) is 15.0 Å². The van der Waals surface area contributed by atoms with Crippen molar-refractivity contribution in [3.63, 3.8) is 0 Å². The Labute approximate surface area is 140 Å². The van der Waals surface area contributed by atoms with Crippen LogP contribution in [0.15, 0.2) is 35.4 Å². The molecule has 1 aromatic heterocycles. The molecule has 2 N–H and O–H groups in total. The van der Waals surface area contributed by atoms with Gasteiger partial charge in [0.25, 0.3) is 5.91 Å². The molecule has 1 aromatic carbocycles. The van der Waals surface area contributed by atoms with Gasteiger partial charge in [-0.3, -0.25) is 4.79 Å². The first kappa shape index (κ1) is 17.6. The van der Waals surface area contributed by atoms with Gasteiger partial charge in [0.15, 0.2) is 0 Å². The Hall–Kier alpha value is -1.77. The Morgan fingerprint density at radius 1 is 1.26 bits per heavy atom. The van der Waals surface area contributed by atoms with Crippen LogP contribution in [0.2, 0.25) is 0 Å². The number of carbonyl (C=O) groups is 1. The highest BCUT2D eigenvalue weighted by Gasteiger charge is 2.16. The van der Waals surface area contributed by atoms with Crippen LogP contribution in [0.4, 0.5) is 0 Å². The number of aromatic nitrogens is 1. The molecule has 0 bridgehead atoms. The van der Waals surface area contributed by atoms with Crippen molar-refractivity contribution in [2.45, 2.75) is 38.3 Å². The summed E-state index contributed by atoms with van der Waals surface area (Å²) in [7, 11) is -3.54. The molecule has 0 spiro atoms. The van der Waals surface area contributed by atoms with Crippen molar-refractivity contribution in [2.75, 3.05) is 0 Å². The van der Waals surface area contributed by atoms with Crippen molar-refractivity contribution < 1.29 is 13.2 Å². The molecular weight excluding hydrogens is 334 g/mol. The third kappa shape index (κ3) is 4.85. The summed E-state index contributed by atoms with van der Waals surface area (Å²) in [5, 5.41) is 3.73. The van der Waals surface area contributed by atoms with E-state index in [2.05, 4.69) is 15.0 Å². The molecule has 0 saturated carbocycles. The second-order valence-corrected chi connectivity index (χ2v) is 8.36. The molecule has 0 fully saturated rings. The number of benzene rings is 1. The van der Waals surface area contributed by atoms with Crippen molar-refractivity contribution >= 4 is 27.3 Å². The van der Waals surface area contributed by atoms with Gasteiger partial charge in [-0.05, 0) is 45.0 Å². The molecule has 0 atom stereocenters. The predicted octanol–water partition coefficient (Wildman–Crippen LogP) is 2.07. The minimum Gasteiger partial charge on any atom is -0.347 e. The molecule has 1 amide bonds. The van der Waals surface area contributed by atoms with Gasteiger partial charge in [0.05, 0.1) is 16.4 Å². The number of nitrogens with one attached hydrogen (secondary N) is 2. The van der Waals surface area contributed by atoms with Crippen LogP contribution in [0, 0.1) is 6.92 Å². The molecule has 0 aliphatic carbocycles. The molecule has 8 heteroatoms. The molecule has 0 unspecified atom stereocenters. The summed E-state index contributed by atoms with van der Waals surface area (Å²) in [6.45, 7) is 5.81. The summed E-state index contributed by atoms with van der Waals surface area (Å²) in [5.41, 5.74) is 0.412. The van der Waals surface area contributed by atoms with Gasteiger partial charge >= 0.3 is 0 Å². The van der Waals surface area contributed by atoms with Gasteiger partial charge in [0.2, 0.25) is 10.0 Å². The first-order chi connectivity index (χ1) is 10.8. The maximum Gasteiger partial charge on any atom is 0.251 e. The third-order valence-electron chi connectivity index (χ3n) is 2.91. The van der Waals surface area contributed by atoms with Gasteiger partial charge in [-0.1, -0.05) is 0 Å². The Bertz CT molecular complexity index is 781. The largest absolute Gasteiger partial charge is 0.347 e.